The van der Waals surface area contributed by atoms with Crippen LogP contribution in [0.3, 0.4) is 0 Å². The molecule has 1 aliphatic heterocycles. The fourth-order valence-corrected chi connectivity index (χ4v) is 3.58. The second-order valence-electron chi connectivity index (χ2n) is 7.00. The Bertz CT molecular complexity index is 1280. The van der Waals surface area contributed by atoms with E-state index in [9.17, 15) is 19.7 Å². The van der Waals surface area contributed by atoms with E-state index in [2.05, 4.69) is 5.32 Å². The molecule has 1 N–H and O–H groups in total. The van der Waals surface area contributed by atoms with Gasteiger partial charge in [-0.1, -0.05) is 24.3 Å². The first-order valence-corrected chi connectivity index (χ1v) is 9.87. The molecule has 1 heterocycles. The highest BCUT2D eigenvalue weighted by Crippen LogP contribution is 2.39. The molecule has 2 amide bonds. The summed E-state index contributed by atoms with van der Waals surface area (Å²) < 4.78 is 10.7. The molecule has 0 spiro atoms. The number of hydrogen-bond acceptors (Lipinski definition) is 7. The Kier molecular flexibility index (Phi) is 5.77. The molecule has 9 heteroatoms. The van der Waals surface area contributed by atoms with E-state index < -0.39 is 16.7 Å². The zero-order valence-corrected chi connectivity index (χ0v) is 17.8. The smallest absolute Gasteiger partial charge is 0.282 e. The van der Waals surface area contributed by atoms with Gasteiger partial charge in [0.2, 0.25) is 0 Å². The van der Waals surface area contributed by atoms with Crippen molar-refractivity contribution in [3.05, 3.63) is 94.2 Å². The van der Waals surface area contributed by atoms with Gasteiger partial charge in [-0.25, -0.2) is 4.90 Å². The minimum Gasteiger partial charge on any atom is -0.495 e. The van der Waals surface area contributed by atoms with Crippen molar-refractivity contribution in [1.29, 1.82) is 0 Å². The average Bonchev–Trinajstić information content (AvgIpc) is 3.08. The lowest BCUT2D eigenvalue weighted by Gasteiger charge is -2.18. The monoisotopic (exact) mass is 445 g/mol. The van der Waals surface area contributed by atoms with Crippen LogP contribution in [0, 0.1) is 10.1 Å². The zero-order valence-electron chi connectivity index (χ0n) is 17.8. The van der Waals surface area contributed by atoms with Crippen LogP contribution in [0.15, 0.2) is 78.5 Å². The third-order valence-electron chi connectivity index (χ3n) is 5.14. The van der Waals surface area contributed by atoms with Crippen LogP contribution in [0.25, 0.3) is 5.57 Å². The number of carbonyl (C=O) groups is 2. The second-order valence-corrected chi connectivity index (χ2v) is 7.00. The SMILES string of the molecule is COc1ccccc1NC1=C(c2ccc([N+](=O)[O-])cc2)C(=O)N(c2ccccc2OC)C1=O. The minimum atomic E-state index is -0.594. The molecule has 0 unspecified atom stereocenters. The van der Waals surface area contributed by atoms with Crippen LogP contribution in [0.5, 0.6) is 11.5 Å². The van der Waals surface area contributed by atoms with Gasteiger partial charge in [-0.15, -0.1) is 0 Å². The third-order valence-corrected chi connectivity index (χ3v) is 5.14. The van der Waals surface area contributed by atoms with Crippen molar-refractivity contribution in [3.8, 4) is 11.5 Å². The maximum atomic E-state index is 13.5. The molecule has 0 aromatic heterocycles. The number of nitrogens with zero attached hydrogens (tertiary/aromatic N) is 2. The lowest BCUT2D eigenvalue weighted by molar-refractivity contribution is -0.384. The number of para-hydroxylation sites is 4. The predicted molar refractivity (Wildman–Crippen MR) is 122 cm³/mol. The van der Waals surface area contributed by atoms with Gasteiger partial charge < -0.3 is 14.8 Å². The first-order chi connectivity index (χ1) is 16.0. The van der Waals surface area contributed by atoms with Gasteiger partial charge in [0.25, 0.3) is 17.5 Å². The number of non-ortho nitro benzene ring substituents is 1. The molecule has 0 aliphatic carbocycles. The van der Waals surface area contributed by atoms with Gasteiger partial charge in [-0.05, 0) is 42.0 Å². The molecular formula is C24H19N3O6. The third kappa shape index (κ3) is 3.87. The van der Waals surface area contributed by atoms with Gasteiger partial charge >= 0.3 is 0 Å². The Balaban J connectivity index is 1.86. The molecule has 3 aromatic carbocycles. The number of carbonyl (C=O) groups excluding carboxylic acids is 2. The highest BCUT2D eigenvalue weighted by atomic mass is 16.6. The van der Waals surface area contributed by atoms with Gasteiger partial charge in [0.1, 0.15) is 17.2 Å². The number of ether oxygens (including phenoxy) is 2. The Morgan fingerprint density at radius 3 is 2.06 bits per heavy atom. The predicted octanol–water partition coefficient (Wildman–Crippen LogP) is 4.01. The molecule has 0 radical (unpaired) electrons. The maximum Gasteiger partial charge on any atom is 0.282 e. The van der Waals surface area contributed by atoms with Crippen LogP contribution in [-0.2, 0) is 9.59 Å². The first kappa shape index (κ1) is 21.6. The number of nitro groups is 1. The second kappa shape index (κ2) is 8.83. The topological polar surface area (TPSA) is 111 Å². The molecule has 0 bridgehead atoms. The quantitative estimate of drug-likeness (QED) is 0.332. The summed E-state index contributed by atoms with van der Waals surface area (Å²) in [5, 5.41) is 14.1. The van der Waals surface area contributed by atoms with E-state index in [1.807, 2.05) is 0 Å². The molecule has 166 valence electrons. The number of nitro benzene ring substituents is 1. The summed E-state index contributed by atoms with van der Waals surface area (Å²) in [5.41, 5.74) is 1.09. The van der Waals surface area contributed by atoms with Crippen molar-refractivity contribution in [1.82, 2.24) is 0 Å². The minimum absolute atomic E-state index is 0.0178. The number of imide groups is 1. The van der Waals surface area contributed by atoms with E-state index in [0.29, 0.717) is 22.7 Å². The fraction of sp³-hybridized carbons (Fsp3) is 0.0833. The Morgan fingerprint density at radius 1 is 0.818 bits per heavy atom. The molecule has 4 rings (SSSR count). The van der Waals surface area contributed by atoms with Crippen LogP contribution in [0.1, 0.15) is 5.56 Å². The fourth-order valence-electron chi connectivity index (χ4n) is 3.58. The van der Waals surface area contributed by atoms with Crippen molar-refractivity contribution >= 4 is 34.4 Å². The van der Waals surface area contributed by atoms with E-state index in [1.54, 1.807) is 48.5 Å². The molecule has 0 saturated heterocycles. The van der Waals surface area contributed by atoms with Crippen LogP contribution in [0.2, 0.25) is 0 Å². The molecule has 0 atom stereocenters. The number of hydrogen-bond donors (Lipinski definition) is 1. The van der Waals surface area contributed by atoms with Crippen molar-refractivity contribution in [2.75, 3.05) is 24.4 Å². The molecular weight excluding hydrogens is 426 g/mol. The van der Waals surface area contributed by atoms with Crippen LogP contribution < -0.4 is 19.7 Å². The molecule has 0 saturated carbocycles. The highest BCUT2D eigenvalue weighted by molar-refractivity contribution is 6.46. The summed E-state index contributed by atoms with van der Waals surface area (Å²) in [5.74, 6) is -0.357. The van der Waals surface area contributed by atoms with E-state index in [0.717, 1.165) is 4.90 Å². The average molecular weight is 445 g/mol. The van der Waals surface area contributed by atoms with Crippen molar-refractivity contribution < 1.29 is 24.0 Å². The van der Waals surface area contributed by atoms with E-state index >= 15 is 0 Å². The number of benzene rings is 3. The largest absolute Gasteiger partial charge is 0.495 e. The lowest BCUT2D eigenvalue weighted by Crippen LogP contribution is -2.32. The van der Waals surface area contributed by atoms with E-state index in [4.69, 9.17) is 9.47 Å². The summed E-state index contributed by atoms with van der Waals surface area (Å²) >= 11 is 0. The van der Waals surface area contributed by atoms with Gasteiger partial charge in [0.15, 0.2) is 0 Å². The van der Waals surface area contributed by atoms with Gasteiger partial charge in [-0.3, -0.25) is 19.7 Å². The summed E-state index contributed by atoms with van der Waals surface area (Å²) in [4.78, 5) is 38.6. The van der Waals surface area contributed by atoms with E-state index in [1.165, 1.54) is 38.5 Å². The summed E-state index contributed by atoms with van der Waals surface area (Å²) in [6, 6.07) is 19.1. The molecule has 3 aromatic rings. The Hall–Kier alpha value is -4.66. The van der Waals surface area contributed by atoms with Crippen LogP contribution in [-0.4, -0.2) is 31.0 Å². The summed E-state index contributed by atoms with van der Waals surface area (Å²) in [6.07, 6.45) is 0. The zero-order chi connectivity index (χ0) is 23.5. The van der Waals surface area contributed by atoms with Crippen LogP contribution >= 0.6 is 0 Å². The number of amides is 2. The summed E-state index contributed by atoms with van der Waals surface area (Å²) in [6.45, 7) is 0. The van der Waals surface area contributed by atoms with Gasteiger partial charge in [0.05, 0.1) is 36.1 Å². The van der Waals surface area contributed by atoms with Crippen molar-refractivity contribution in [2.45, 2.75) is 0 Å². The normalized spacial score (nSPS) is 13.3. The van der Waals surface area contributed by atoms with E-state index in [-0.39, 0.29) is 22.6 Å². The highest BCUT2D eigenvalue weighted by Gasteiger charge is 2.41. The maximum absolute atomic E-state index is 13.5. The molecule has 33 heavy (non-hydrogen) atoms. The number of methoxy groups -OCH3 is 2. The van der Waals surface area contributed by atoms with Crippen molar-refractivity contribution in [2.24, 2.45) is 0 Å². The first-order valence-electron chi connectivity index (χ1n) is 9.87. The Labute approximate surface area is 189 Å². The Morgan fingerprint density at radius 2 is 1.42 bits per heavy atom. The molecule has 0 fully saturated rings. The summed E-state index contributed by atoms with van der Waals surface area (Å²) in [7, 11) is 2.94. The van der Waals surface area contributed by atoms with Gasteiger partial charge in [0, 0.05) is 12.1 Å². The molecule has 9 nitrogen and oxygen atoms in total. The van der Waals surface area contributed by atoms with Crippen LogP contribution in [0.4, 0.5) is 17.1 Å². The lowest BCUT2D eigenvalue weighted by atomic mass is 10.0. The molecule has 1 aliphatic rings. The van der Waals surface area contributed by atoms with Crippen molar-refractivity contribution in [3.63, 3.8) is 0 Å². The number of nitrogens with one attached hydrogen (secondary N) is 1. The number of anilines is 2. The van der Waals surface area contributed by atoms with Gasteiger partial charge in [-0.2, -0.15) is 0 Å². The standard InChI is InChI=1S/C24H19N3O6/c1-32-19-9-5-3-7-17(19)25-22-21(15-11-13-16(14-12-15)27(30)31)23(28)26(24(22)29)18-8-4-6-10-20(18)33-2/h3-14,25H,1-2H3. The number of rotatable bonds is 7.